The van der Waals surface area contributed by atoms with Gasteiger partial charge in [0, 0.05) is 23.2 Å². The molecule has 0 fully saturated rings. The molecule has 1 heterocycles. The largest absolute Gasteiger partial charge is 0.484 e. The number of ether oxygens (including phenoxy) is 2. The molecule has 4 rings (SSSR count). The van der Waals surface area contributed by atoms with Crippen LogP contribution < -0.4 is 15.5 Å². The van der Waals surface area contributed by atoms with Gasteiger partial charge in [-0.1, -0.05) is 18.2 Å². The van der Waals surface area contributed by atoms with Crippen molar-refractivity contribution in [3.05, 3.63) is 82.8 Å². The number of fused-ring (bicyclic) bond motifs is 1. The maximum absolute atomic E-state index is 12.9. The van der Waals surface area contributed by atoms with Crippen molar-refractivity contribution < 1.29 is 28.3 Å². The molecule has 0 saturated heterocycles. The Labute approximate surface area is 208 Å². The summed E-state index contributed by atoms with van der Waals surface area (Å²) in [5.74, 6) is 0.222. The molecule has 2 amide bonds. The predicted octanol–water partition coefficient (Wildman–Crippen LogP) is 4.25. The standard InChI is InChI=1S/C27H27N3O6/c1-3-34-27(33)18-12-14-19(15-13-18)28-26(32)25-17(2)24-21(10-7-11-22(24)36-25)29-30-23(31)16-35-20-8-5-4-6-9-20/h4-6,8-9,12-15H,3,7,10-11,16H2,1-2H3,(H,28,32)(H,30,31)/b29-21+. The number of anilines is 1. The third kappa shape index (κ3) is 5.80. The number of carbonyl (C=O) groups is 3. The molecule has 0 atom stereocenters. The average molecular weight is 490 g/mol. The minimum absolute atomic E-state index is 0.166. The number of aryl methyl sites for hydroxylation is 1. The highest BCUT2D eigenvalue weighted by atomic mass is 16.5. The molecular weight excluding hydrogens is 462 g/mol. The van der Waals surface area contributed by atoms with Crippen LogP contribution in [0.4, 0.5) is 5.69 Å². The zero-order chi connectivity index (χ0) is 25.5. The van der Waals surface area contributed by atoms with Crippen LogP contribution in [0.25, 0.3) is 0 Å². The minimum Gasteiger partial charge on any atom is -0.484 e. The number of nitrogens with zero attached hydrogens (tertiary/aromatic N) is 1. The van der Waals surface area contributed by atoms with Gasteiger partial charge in [-0.25, -0.2) is 10.2 Å². The highest BCUT2D eigenvalue weighted by Crippen LogP contribution is 2.30. The van der Waals surface area contributed by atoms with E-state index in [1.807, 2.05) is 18.2 Å². The topological polar surface area (TPSA) is 119 Å². The monoisotopic (exact) mass is 489 g/mol. The van der Waals surface area contributed by atoms with Gasteiger partial charge in [-0.15, -0.1) is 0 Å². The molecule has 2 N–H and O–H groups in total. The fourth-order valence-electron chi connectivity index (χ4n) is 3.92. The van der Waals surface area contributed by atoms with Crippen molar-refractivity contribution >= 4 is 29.2 Å². The van der Waals surface area contributed by atoms with E-state index in [1.54, 1.807) is 50.2 Å². The van der Waals surface area contributed by atoms with Crippen molar-refractivity contribution in [3.63, 3.8) is 0 Å². The Hall–Kier alpha value is -4.40. The fraction of sp³-hybridized carbons (Fsp3) is 0.259. The van der Waals surface area contributed by atoms with E-state index in [9.17, 15) is 14.4 Å². The number of esters is 1. The third-order valence-electron chi connectivity index (χ3n) is 5.61. The molecule has 9 heteroatoms. The Bertz CT molecular complexity index is 1280. The van der Waals surface area contributed by atoms with E-state index in [2.05, 4.69) is 15.8 Å². The molecule has 0 unspecified atom stereocenters. The van der Waals surface area contributed by atoms with E-state index in [0.29, 0.717) is 46.9 Å². The summed E-state index contributed by atoms with van der Waals surface area (Å²) in [6.45, 7) is 3.65. The first-order chi connectivity index (χ1) is 17.5. The molecule has 36 heavy (non-hydrogen) atoms. The summed E-state index contributed by atoms with van der Waals surface area (Å²) in [5.41, 5.74) is 5.50. The van der Waals surface area contributed by atoms with Crippen molar-refractivity contribution in [3.8, 4) is 5.75 Å². The Morgan fingerprint density at radius 2 is 1.78 bits per heavy atom. The average Bonchev–Trinajstić information content (AvgIpc) is 3.24. The van der Waals surface area contributed by atoms with Gasteiger partial charge in [-0.3, -0.25) is 9.59 Å². The Balaban J connectivity index is 1.43. The number of hydrazone groups is 1. The number of para-hydroxylation sites is 1. The number of carbonyl (C=O) groups excluding carboxylic acids is 3. The number of rotatable bonds is 8. The second-order valence-corrected chi connectivity index (χ2v) is 8.16. The van der Waals surface area contributed by atoms with Crippen LogP contribution in [0.5, 0.6) is 5.75 Å². The molecule has 0 bridgehead atoms. The van der Waals surface area contributed by atoms with E-state index in [-0.39, 0.29) is 24.9 Å². The van der Waals surface area contributed by atoms with E-state index < -0.39 is 11.9 Å². The van der Waals surface area contributed by atoms with E-state index >= 15 is 0 Å². The SMILES string of the molecule is CCOC(=O)c1ccc(NC(=O)c2oc3c(c2C)/C(=N/NC(=O)COc2ccccc2)CCC3)cc1. The quantitative estimate of drug-likeness (QED) is 0.361. The first-order valence-corrected chi connectivity index (χ1v) is 11.7. The van der Waals surface area contributed by atoms with Crippen molar-refractivity contribution in [1.29, 1.82) is 0 Å². The van der Waals surface area contributed by atoms with Gasteiger partial charge in [0.15, 0.2) is 12.4 Å². The molecule has 0 spiro atoms. The van der Waals surface area contributed by atoms with Crippen LogP contribution in [0.3, 0.4) is 0 Å². The highest BCUT2D eigenvalue weighted by molar-refractivity contribution is 6.09. The van der Waals surface area contributed by atoms with Gasteiger partial charge in [0.2, 0.25) is 0 Å². The van der Waals surface area contributed by atoms with Gasteiger partial charge >= 0.3 is 5.97 Å². The van der Waals surface area contributed by atoms with Crippen LogP contribution in [0.2, 0.25) is 0 Å². The summed E-state index contributed by atoms with van der Waals surface area (Å²) in [4.78, 5) is 37.0. The summed E-state index contributed by atoms with van der Waals surface area (Å²) in [5, 5.41) is 7.09. The minimum atomic E-state index is -0.421. The normalized spacial score (nSPS) is 13.6. The second-order valence-electron chi connectivity index (χ2n) is 8.16. The number of hydrogen-bond acceptors (Lipinski definition) is 7. The van der Waals surface area contributed by atoms with Crippen LogP contribution >= 0.6 is 0 Å². The van der Waals surface area contributed by atoms with Crippen LogP contribution in [0, 0.1) is 6.92 Å². The van der Waals surface area contributed by atoms with Crippen LogP contribution in [-0.2, 0) is 16.0 Å². The predicted molar refractivity (Wildman–Crippen MR) is 133 cm³/mol. The Morgan fingerprint density at radius 3 is 2.50 bits per heavy atom. The number of furan rings is 1. The highest BCUT2D eigenvalue weighted by Gasteiger charge is 2.28. The lowest BCUT2D eigenvalue weighted by molar-refractivity contribution is -0.123. The molecule has 1 aliphatic rings. The fourth-order valence-corrected chi connectivity index (χ4v) is 3.92. The lowest BCUT2D eigenvalue weighted by atomic mass is 9.93. The zero-order valence-electron chi connectivity index (χ0n) is 20.1. The Morgan fingerprint density at radius 1 is 1.03 bits per heavy atom. The first kappa shape index (κ1) is 24.7. The molecule has 1 aromatic heterocycles. The summed E-state index contributed by atoms with van der Waals surface area (Å²) < 4.78 is 16.3. The molecule has 186 valence electrons. The molecule has 3 aromatic rings. The lowest BCUT2D eigenvalue weighted by Crippen LogP contribution is -2.27. The molecule has 9 nitrogen and oxygen atoms in total. The molecule has 2 aromatic carbocycles. The molecule has 0 radical (unpaired) electrons. The van der Waals surface area contributed by atoms with Crippen molar-refractivity contribution in [2.24, 2.45) is 5.10 Å². The first-order valence-electron chi connectivity index (χ1n) is 11.7. The van der Waals surface area contributed by atoms with Crippen molar-refractivity contribution in [1.82, 2.24) is 5.43 Å². The molecule has 0 aliphatic heterocycles. The maximum atomic E-state index is 12.9. The molecule has 1 aliphatic carbocycles. The smallest absolute Gasteiger partial charge is 0.338 e. The number of benzene rings is 2. The van der Waals surface area contributed by atoms with Gasteiger partial charge in [0.25, 0.3) is 11.8 Å². The number of hydrogen-bond donors (Lipinski definition) is 2. The van der Waals surface area contributed by atoms with Crippen LogP contribution in [-0.4, -0.2) is 36.7 Å². The lowest BCUT2D eigenvalue weighted by Gasteiger charge is -2.13. The van der Waals surface area contributed by atoms with Gasteiger partial charge in [-0.2, -0.15) is 5.10 Å². The number of amides is 2. The Kier molecular flexibility index (Phi) is 7.79. The van der Waals surface area contributed by atoms with E-state index in [4.69, 9.17) is 13.9 Å². The van der Waals surface area contributed by atoms with Gasteiger partial charge < -0.3 is 19.2 Å². The summed E-state index contributed by atoms with van der Waals surface area (Å²) in [6, 6.07) is 15.5. The second kappa shape index (κ2) is 11.4. The maximum Gasteiger partial charge on any atom is 0.338 e. The zero-order valence-corrected chi connectivity index (χ0v) is 20.1. The van der Waals surface area contributed by atoms with E-state index in [1.165, 1.54) is 0 Å². The number of nitrogens with one attached hydrogen (secondary N) is 2. The summed E-state index contributed by atoms with van der Waals surface area (Å²) >= 11 is 0. The summed E-state index contributed by atoms with van der Waals surface area (Å²) in [6.07, 6.45) is 2.09. The van der Waals surface area contributed by atoms with Gasteiger partial charge in [0.1, 0.15) is 11.5 Å². The third-order valence-corrected chi connectivity index (χ3v) is 5.61. The van der Waals surface area contributed by atoms with E-state index in [0.717, 1.165) is 12.0 Å². The van der Waals surface area contributed by atoms with Crippen molar-refractivity contribution in [2.75, 3.05) is 18.5 Å². The van der Waals surface area contributed by atoms with Crippen LogP contribution in [0.15, 0.2) is 64.1 Å². The molecular formula is C27H27N3O6. The van der Waals surface area contributed by atoms with Gasteiger partial charge in [0.05, 0.1) is 17.9 Å². The van der Waals surface area contributed by atoms with Gasteiger partial charge in [-0.05, 0) is 63.1 Å². The summed E-state index contributed by atoms with van der Waals surface area (Å²) in [7, 11) is 0. The van der Waals surface area contributed by atoms with Crippen LogP contribution in [0.1, 0.15) is 57.6 Å². The van der Waals surface area contributed by atoms with Crippen molar-refractivity contribution in [2.45, 2.75) is 33.1 Å². The molecule has 0 saturated carbocycles.